The van der Waals surface area contributed by atoms with Crippen molar-refractivity contribution in [1.29, 1.82) is 0 Å². The number of rotatable bonds is 4. The van der Waals surface area contributed by atoms with Crippen LogP contribution in [0.1, 0.15) is 27.9 Å². The largest absolute Gasteiger partial charge is 0.545 e. The van der Waals surface area contributed by atoms with Crippen LogP contribution in [0.5, 0.6) is 0 Å². The van der Waals surface area contributed by atoms with Crippen molar-refractivity contribution >= 4 is 23.5 Å². The number of nitrogens with zero attached hydrogens (tertiary/aromatic N) is 1. The maximum atomic E-state index is 12.6. The Morgan fingerprint density at radius 1 is 1.08 bits per heavy atom. The van der Waals surface area contributed by atoms with Crippen molar-refractivity contribution < 1.29 is 19.5 Å². The van der Waals surface area contributed by atoms with Gasteiger partial charge in [-0.1, -0.05) is 42.0 Å². The molecule has 122 valence electrons. The molecule has 1 aliphatic rings. The molecular weight excluding hydrogens is 306 g/mol. The molecule has 0 aliphatic carbocycles. The van der Waals surface area contributed by atoms with Gasteiger partial charge in [0.15, 0.2) is 0 Å². The van der Waals surface area contributed by atoms with Gasteiger partial charge in [0.05, 0.1) is 17.6 Å². The number of benzene rings is 2. The zero-order valence-corrected chi connectivity index (χ0v) is 13.2. The standard InChI is InChI=1S/C19H17NO4/c1-12-2-4-13(5-3-12)10-15-11-17(21)20(18(15)22)16-8-6-14(7-9-16)19(23)24/h2-9,15H,10-11H2,1H3,(H,23,24)/p-1/t15-/m0/s1. The van der Waals surface area contributed by atoms with E-state index in [0.717, 1.165) is 16.0 Å². The number of carbonyl (C=O) groups is 3. The Balaban J connectivity index is 1.78. The molecular formula is C19H16NO4-. The first-order valence-electron chi connectivity index (χ1n) is 7.69. The van der Waals surface area contributed by atoms with Gasteiger partial charge >= 0.3 is 0 Å². The summed E-state index contributed by atoms with van der Waals surface area (Å²) >= 11 is 0. The molecule has 0 N–H and O–H groups in total. The van der Waals surface area contributed by atoms with Crippen molar-refractivity contribution in [2.75, 3.05) is 4.90 Å². The first kappa shape index (κ1) is 15.9. The lowest BCUT2D eigenvalue weighted by molar-refractivity contribution is -0.255. The van der Waals surface area contributed by atoms with E-state index < -0.39 is 5.97 Å². The minimum atomic E-state index is -1.29. The number of hydrogen-bond donors (Lipinski definition) is 0. The lowest BCUT2D eigenvalue weighted by atomic mass is 9.97. The van der Waals surface area contributed by atoms with E-state index in [-0.39, 0.29) is 29.7 Å². The number of carboxylic acid groups (broad SMARTS) is 1. The second kappa shape index (κ2) is 6.28. The Bertz CT molecular complexity index is 793. The molecule has 0 unspecified atom stereocenters. The minimum absolute atomic E-state index is 0.00838. The Kier molecular flexibility index (Phi) is 4.16. The SMILES string of the molecule is Cc1ccc(C[C@H]2CC(=O)N(c3ccc(C(=O)[O-])cc3)C2=O)cc1. The van der Waals surface area contributed by atoms with E-state index in [4.69, 9.17) is 0 Å². The minimum Gasteiger partial charge on any atom is -0.545 e. The van der Waals surface area contributed by atoms with Crippen LogP contribution in [0.15, 0.2) is 48.5 Å². The summed E-state index contributed by atoms with van der Waals surface area (Å²) in [7, 11) is 0. The lowest BCUT2D eigenvalue weighted by Crippen LogP contribution is -2.31. The van der Waals surface area contributed by atoms with E-state index in [2.05, 4.69) is 0 Å². The number of anilines is 1. The maximum absolute atomic E-state index is 12.6. The summed E-state index contributed by atoms with van der Waals surface area (Å²) in [5, 5.41) is 10.8. The summed E-state index contributed by atoms with van der Waals surface area (Å²) in [5.74, 6) is -2.20. The molecule has 1 aliphatic heterocycles. The Hall–Kier alpha value is -2.95. The molecule has 2 aromatic carbocycles. The summed E-state index contributed by atoms with van der Waals surface area (Å²) < 4.78 is 0. The quantitative estimate of drug-likeness (QED) is 0.799. The fourth-order valence-electron chi connectivity index (χ4n) is 2.88. The fraction of sp³-hybridized carbons (Fsp3) is 0.211. The van der Waals surface area contributed by atoms with Gasteiger partial charge in [0.2, 0.25) is 11.8 Å². The summed E-state index contributed by atoms with van der Waals surface area (Å²) in [6, 6.07) is 13.5. The van der Waals surface area contributed by atoms with E-state index in [0.29, 0.717) is 12.1 Å². The average molecular weight is 322 g/mol. The third kappa shape index (κ3) is 3.06. The lowest BCUT2D eigenvalue weighted by Gasteiger charge is -2.16. The molecule has 24 heavy (non-hydrogen) atoms. The van der Waals surface area contributed by atoms with Crippen molar-refractivity contribution in [3.63, 3.8) is 0 Å². The Morgan fingerprint density at radius 2 is 1.71 bits per heavy atom. The highest BCUT2D eigenvalue weighted by Crippen LogP contribution is 2.29. The van der Waals surface area contributed by atoms with Crippen LogP contribution < -0.4 is 10.0 Å². The summed E-state index contributed by atoms with van der Waals surface area (Å²) in [6.45, 7) is 1.99. The molecule has 2 aromatic rings. The molecule has 0 radical (unpaired) electrons. The van der Waals surface area contributed by atoms with E-state index in [1.165, 1.54) is 24.3 Å². The van der Waals surface area contributed by atoms with Gasteiger partial charge < -0.3 is 9.90 Å². The number of hydrogen-bond acceptors (Lipinski definition) is 4. The van der Waals surface area contributed by atoms with E-state index in [1.54, 1.807) is 0 Å². The van der Waals surface area contributed by atoms with E-state index >= 15 is 0 Å². The van der Waals surface area contributed by atoms with Gasteiger partial charge in [-0.3, -0.25) is 14.5 Å². The van der Waals surface area contributed by atoms with Gasteiger partial charge in [0, 0.05) is 6.42 Å². The van der Waals surface area contributed by atoms with Crippen molar-refractivity contribution in [3.8, 4) is 0 Å². The Morgan fingerprint density at radius 3 is 2.29 bits per heavy atom. The molecule has 3 rings (SSSR count). The number of aromatic carboxylic acids is 1. The van der Waals surface area contributed by atoms with Crippen LogP contribution in [0.25, 0.3) is 0 Å². The molecule has 5 heteroatoms. The maximum Gasteiger partial charge on any atom is 0.237 e. The predicted molar refractivity (Wildman–Crippen MR) is 86.3 cm³/mol. The fourth-order valence-corrected chi connectivity index (χ4v) is 2.88. The van der Waals surface area contributed by atoms with Crippen LogP contribution in [0, 0.1) is 12.8 Å². The number of imide groups is 1. The van der Waals surface area contributed by atoms with Gasteiger partial charge in [0.25, 0.3) is 0 Å². The third-order valence-electron chi connectivity index (χ3n) is 4.20. The normalized spacial score (nSPS) is 17.4. The number of carboxylic acids is 1. The molecule has 0 spiro atoms. The van der Waals surface area contributed by atoms with Gasteiger partial charge in [-0.05, 0) is 36.6 Å². The Labute approximate surface area is 139 Å². The molecule has 1 saturated heterocycles. The van der Waals surface area contributed by atoms with Crippen LogP contribution in [0.4, 0.5) is 5.69 Å². The number of amides is 2. The van der Waals surface area contributed by atoms with Gasteiger partial charge in [-0.25, -0.2) is 0 Å². The highest BCUT2D eigenvalue weighted by atomic mass is 16.4. The van der Waals surface area contributed by atoms with Crippen molar-refractivity contribution in [1.82, 2.24) is 0 Å². The molecule has 0 bridgehead atoms. The number of carbonyl (C=O) groups excluding carboxylic acids is 3. The van der Waals surface area contributed by atoms with Crippen molar-refractivity contribution in [2.45, 2.75) is 19.8 Å². The zero-order chi connectivity index (χ0) is 17.3. The first-order chi connectivity index (χ1) is 11.5. The summed E-state index contributed by atoms with van der Waals surface area (Å²) in [5.41, 5.74) is 2.55. The van der Waals surface area contributed by atoms with Gasteiger partial charge in [-0.2, -0.15) is 0 Å². The van der Waals surface area contributed by atoms with E-state index in [1.807, 2.05) is 31.2 Å². The monoisotopic (exact) mass is 322 g/mol. The average Bonchev–Trinajstić information content (AvgIpc) is 2.83. The predicted octanol–water partition coefficient (Wildman–Crippen LogP) is 1.48. The van der Waals surface area contributed by atoms with Crippen molar-refractivity contribution in [3.05, 3.63) is 65.2 Å². The molecule has 5 nitrogen and oxygen atoms in total. The van der Waals surface area contributed by atoms with Crippen LogP contribution >= 0.6 is 0 Å². The summed E-state index contributed by atoms with van der Waals surface area (Å²) in [6.07, 6.45) is 0.674. The van der Waals surface area contributed by atoms with Crippen LogP contribution in [0.3, 0.4) is 0 Å². The van der Waals surface area contributed by atoms with Gasteiger partial charge in [0.1, 0.15) is 0 Å². The molecule has 2 amide bonds. The second-order valence-corrected chi connectivity index (χ2v) is 5.99. The van der Waals surface area contributed by atoms with Crippen molar-refractivity contribution in [2.24, 2.45) is 5.92 Å². The first-order valence-corrected chi connectivity index (χ1v) is 7.69. The van der Waals surface area contributed by atoms with Crippen LogP contribution in [0.2, 0.25) is 0 Å². The summed E-state index contributed by atoms with van der Waals surface area (Å²) in [4.78, 5) is 36.7. The molecule has 1 heterocycles. The van der Waals surface area contributed by atoms with Crippen LogP contribution in [-0.4, -0.2) is 17.8 Å². The molecule has 0 aromatic heterocycles. The molecule has 1 fully saturated rings. The third-order valence-corrected chi connectivity index (χ3v) is 4.20. The molecule has 0 saturated carbocycles. The van der Waals surface area contributed by atoms with Gasteiger partial charge in [-0.15, -0.1) is 0 Å². The zero-order valence-electron chi connectivity index (χ0n) is 13.2. The highest BCUT2D eigenvalue weighted by Gasteiger charge is 2.39. The van der Waals surface area contributed by atoms with E-state index in [9.17, 15) is 19.5 Å². The highest BCUT2D eigenvalue weighted by molar-refractivity contribution is 6.21. The number of aryl methyl sites for hydroxylation is 1. The second-order valence-electron chi connectivity index (χ2n) is 5.99. The smallest absolute Gasteiger partial charge is 0.237 e. The molecule has 1 atom stereocenters. The van der Waals surface area contributed by atoms with Crippen LogP contribution in [-0.2, 0) is 16.0 Å². The topological polar surface area (TPSA) is 77.5 Å².